The number of Topliss-reactive ketones (excluding diaryl/α,β-unsaturated/α-hetero) is 1. The fourth-order valence-corrected chi connectivity index (χ4v) is 3.58. The van der Waals surface area contributed by atoms with E-state index in [9.17, 15) is 19.8 Å². The van der Waals surface area contributed by atoms with Gasteiger partial charge in [-0.2, -0.15) is 0 Å². The Morgan fingerprint density at radius 2 is 1.56 bits per heavy atom. The Hall–Kier alpha value is -1.68. The Morgan fingerprint density at radius 3 is 2.22 bits per heavy atom. The van der Waals surface area contributed by atoms with Crippen molar-refractivity contribution in [1.82, 2.24) is 0 Å². The predicted octanol–water partition coefficient (Wildman–Crippen LogP) is 5.41. The molecule has 0 aliphatic heterocycles. The largest absolute Gasteiger partial charge is 0.478 e. The number of aliphatic hydroxyl groups is 1. The number of aromatic carboxylic acids is 1. The monoisotopic (exact) mass is 376 g/mol. The minimum atomic E-state index is -0.885. The summed E-state index contributed by atoms with van der Waals surface area (Å²) in [7, 11) is 0. The number of carbonyl (C=O) groups is 2. The molecule has 0 amide bonds. The van der Waals surface area contributed by atoms with Gasteiger partial charge >= 0.3 is 5.97 Å². The Kier molecular flexibility index (Phi) is 11.7. The first-order chi connectivity index (χ1) is 13.0. The first kappa shape index (κ1) is 23.4. The lowest BCUT2D eigenvalue weighted by atomic mass is 9.90. The van der Waals surface area contributed by atoms with E-state index >= 15 is 0 Å². The summed E-state index contributed by atoms with van der Waals surface area (Å²) in [5.41, 5.74) is 1.23. The molecule has 0 fully saturated rings. The van der Waals surface area contributed by atoms with Crippen LogP contribution in [0.15, 0.2) is 24.3 Å². The van der Waals surface area contributed by atoms with E-state index in [1.54, 1.807) is 19.1 Å². The van der Waals surface area contributed by atoms with Gasteiger partial charge in [-0.3, -0.25) is 4.79 Å². The molecule has 0 bridgehead atoms. The van der Waals surface area contributed by atoms with Crippen LogP contribution in [-0.2, 0) is 11.2 Å². The first-order valence-electron chi connectivity index (χ1n) is 10.4. The molecule has 0 heterocycles. The van der Waals surface area contributed by atoms with E-state index < -0.39 is 5.97 Å². The molecule has 0 saturated carbocycles. The van der Waals surface area contributed by atoms with Crippen molar-refractivity contribution in [3.8, 4) is 0 Å². The van der Waals surface area contributed by atoms with Crippen molar-refractivity contribution in [3.63, 3.8) is 0 Å². The Morgan fingerprint density at radius 1 is 0.926 bits per heavy atom. The van der Waals surface area contributed by atoms with Gasteiger partial charge in [-0.25, -0.2) is 4.79 Å². The molecule has 152 valence electrons. The second-order valence-corrected chi connectivity index (χ2v) is 7.60. The summed E-state index contributed by atoms with van der Waals surface area (Å²) in [5.74, 6) is -0.603. The highest BCUT2D eigenvalue weighted by Crippen LogP contribution is 2.21. The van der Waals surface area contributed by atoms with Crippen molar-refractivity contribution in [2.24, 2.45) is 5.92 Å². The minimum absolute atomic E-state index is 0.0579. The second-order valence-electron chi connectivity index (χ2n) is 7.60. The third kappa shape index (κ3) is 9.71. The van der Waals surface area contributed by atoms with Gasteiger partial charge in [0, 0.05) is 5.92 Å². The normalized spacial score (nSPS) is 13.3. The highest BCUT2D eigenvalue weighted by molar-refractivity contribution is 5.89. The lowest BCUT2D eigenvalue weighted by Crippen LogP contribution is -2.13. The number of carboxylic acid groups (broad SMARTS) is 1. The fraction of sp³-hybridized carbons (Fsp3) is 0.652. The zero-order valence-corrected chi connectivity index (χ0v) is 17.0. The van der Waals surface area contributed by atoms with E-state index in [0.29, 0.717) is 5.56 Å². The number of carboxylic acids is 1. The van der Waals surface area contributed by atoms with Gasteiger partial charge < -0.3 is 10.2 Å². The number of benzene rings is 1. The number of hydrogen-bond donors (Lipinski definition) is 2. The summed E-state index contributed by atoms with van der Waals surface area (Å²) in [4.78, 5) is 23.1. The zero-order valence-electron chi connectivity index (χ0n) is 17.0. The highest BCUT2D eigenvalue weighted by Gasteiger charge is 2.15. The van der Waals surface area contributed by atoms with E-state index in [1.165, 1.54) is 0 Å². The van der Waals surface area contributed by atoms with Crippen molar-refractivity contribution >= 4 is 11.8 Å². The number of unbranched alkanes of at least 4 members (excludes halogenated alkanes) is 3. The van der Waals surface area contributed by atoms with Crippen molar-refractivity contribution in [1.29, 1.82) is 0 Å². The fourth-order valence-electron chi connectivity index (χ4n) is 3.58. The SMILES string of the molecule is CCCCCC(O)CCCC(CCCCc1ccccc1C(=O)O)C(C)=O. The molecular weight excluding hydrogens is 340 g/mol. The smallest absolute Gasteiger partial charge is 0.335 e. The van der Waals surface area contributed by atoms with Crippen LogP contribution >= 0.6 is 0 Å². The van der Waals surface area contributed by atoms with Gasteiger partial charge in [-0.15, -0.1) is 0 Å². The van der Waals surface area contributed by atoms with Crippen molar-refractivity contribution < 1.29 is 19.8 Å². The molecule has 0 saturated heterocycles. The summed E-state index contributed by atoms with van der Waals surface area (Å²) >= 11 is 0. The number of aryl methyl sites for hydroxylation is 1. The molecule has 27 heavy (non-hydrogen) atoms. The van der Waals surface area contributed by atoms with Crippen LogP contribution in [0.2, 0.25) is 0 Å². The van der Waals surface area contributed by atoms with Crippen LogP contribution in [0.25, 0.3) is 0 Å². The summed E-state index contributed by atoms with van der Waals surface area (Å²) in [6.07, 6.45) is 9.90. The number of ketones is 1. The molecule has 4 heteroatoms. The molecule has 0 spiro atoms. The molecule has 0 aromatic heterocycles. The molecule has 1 aromatic carbocycles. The van der Waals surface area contributed by atoms with Crippen molar-refractivity contribution in [2.75, 3.05) is 0 Å². The maximum Gasteiger partial charge on any atom is 0.335 e. The van der Waals surface area contributed by atoms with Gasteiger partial charge in [0.2, 0.25) is 0 Å². The molecule has 2 unspecified atom stereocenters. The topological polar surface area (TPSA) is 74.6 Å². The average molecular weight is 377 g/mol. The molecule has 0 aliphatic rings. The lowest BCUT2D eigenvalue weighted by Gasteiger charge is -2.15. The summed E-state index contributed by atoms with van der Waals surface area (Å²) in [6.45, 7) is 3.81. The Bertz CT molecular complexity index is 567. The lowest BCUT2D eigenvalue weighted by molar-refractivity contribution is -0.121. The van der Waals surface area contributed by atoms with Gasteiger partial charge in [0.25, 0.3) is 0 Å². The van der Waals surface area contributed by atoms with Gasteiger partial charge in [0.1, 0.15) is 5.78 Å². The molecule has 0 radical (unpaired) electrons. The zero-order chi connectivity index (χ0) is 20.1. The van der Waals surface area contributed by atoms with Crippen LogP contribution < -0.4 is 0 Å². The average Bonchev–Trinajstić information content (AvgIpc) is 2.63. The number of carbonyl (C=O) groups excluding carboxylic acids is 1. The standard InChI is InChI=1S/C23H36O4/c1-3-4-5-15-21(25)16-10-14-19(18(2)24)11-6-7-12-20-13-8-9-17-22(20)23(26)27/h8-9,13,17,19,21,25H,3-7,10-12,14-16H2,1-2H3,(H,26,27). The van der Waals surface area contributed by atoms with Gasteiger partial charge in [-0.05, 0) is 57.1 Å². The number of aliphatic hydroxyl groups excluding tert-OH is 1. The molecule has 4 nitrogen and oxygen atoms in total. The molecule has 0 aliphatic carbocycles. The van der Waals surface area contributed by atoms with E-state index in [2.05, 4.69) is 6.92 Å². The number of hydrogen-bond acceptors (Lipinski definition) is 3. The third-order valence-corrected chi connectivity index (χ3v) is 5.30. The molecule has 1 aromatic rings. The first-order valence-corrected chi connectivity index (χ1v) is 10.4. The van der Waals surface area contributed by atoms with Crippen LogP contribution in [-0.4, -0.2) is 28.1 Å². The number of rotatable bonds is 15. The second kappa shape index (κ2) is 13.5. The summed E-state index contributed by atoms with van der Waals surface area (Å²) in [5, 5.41) is 19.2. The van der Waals surface area contributed by atoms with Crippen molar-refractivity contribution in [3.05, 3.63) is 35.4 Å². The van der Waals surface area contributed by atoms with E-state index in [-0.39, 0.29) is 17.8 Å². The molecule has 1 rings (SSSR count). The Balaban J connectivity index is 2.31. The quantitative estimate of drug-likeness (QED) is 0.401. The predicted molar refractivity (Wildman–Crippen MR) is 109 cm³/mol. The van der Waals surface area contributed by atoms with Crippen LogP contribution in [0, 0.1) is 5.92 Å². The van der Waals surface area contributed by atoms with Crippen LogP contribution in [0.4, 0.5) is 0 Å². The van der Waals surface area contributed by atoms with Crippen LogP contribution in [0.3, 0.4) is 0 Å². The van der Waals surface area contributed by atoms with E-state index in [0.717, 1.165) is 76.2 Å². The van der Waals surface area contributed by atoms with Crippen LogP contribution in [0.5, 0.6) is 0 Å². The maximum atomic E-state index is 11.9. The van der Waals surface area contributed by atoms with E-state index in [4.69, 9.17) is 0 Å². The molecular formula is C23H36O4. The molecule has 2 N–H and O–H groups in total. The van der Waals surface area contributed by atoms with Gasteiger partial charge in [0.15, 0.2) is 0 Å². The Labute approximate surface area is 164 Å². The van der Waals surface area contributed by atoms with Gasteiger partial charge in [0.05, 0.1) is 11.7 Å². The summed E-state index contributed by atoms with van der Waals surface area (Å²) in [6, 6.07) is 7.12. The van der Waals surface area contributed by atoms with Gasteiger partial charge in [-0.1, -0.05) is 57.2 Å². The minimum Gasteiger partial charge on any atom is -0.478 e. The maximum absolute atomic E-state index is 11.9. The highest BCUT2D eigenvalue weighted by atomic mass is 16.4. The molecule has 2 atom stereocenters. The summed E-state index contributed by atoms with van der Waals surface area (Å²) < 4.78 is 0. The van der Waals surface area contributed by atoms with E-state index in [1.807, 2.05) is 12.1 Å². The van der Waals surface area contributed by atoms with Crippen LogP contribution in [0.1, 0.15) is 94.0 Å². The third-order valence-electron chi connectivity index (χ3n) is 5.30. The van der Waals surface area contributed by atoms with Crippen molar-refractivity contribution in [2.45, 2.75) is 90.6 Å².